The van der Waals surface area contributed by atoms with Gasteiger partial charge in [-0.3, -0.25) is 19.2 Å². The summed E-state index contributed by atoms with van der Waals surface area (Å²) in [6.07, 6.45) is 0.742. The van der Waals surface area contributed by atoms with E-state index < -0.39 is 53.8 Å². The minimum Gasteiger partial charge on any atom is -0.508 e. The van der Waals surface area contributed by atoms with Gasteiger partial charge in [-0.1, -0.05) is 24.3 Å². The fourth-order valence-corrected chi connectivity index (χ4v) is 4.18. The van der Waals surface area contributed by atoms with Crippen molar-refractivity contribution >= 4 is 29.6 Å². The van der Waals surface area contributed by atoms with E-state index in [0.29, 0.717) is 30.5 Å². The molecule has 0 bridgehead atoms. The summed E-state index contributed by atoms with van der Waals surface area (Å²) in [5.74, 6) is -4.24. The number of nitrogens with two attached hydrogens (primary N) is 3. The Bertz CT molecular complexity index is 1240. The van der Waals surface area contributed by atoms with E-state index >= 15 is 0 Å². The molecular formula is C29H40N6O8. The minimum absolute atomic E-state index is 0.0162. The van der Waals surface area contributed by atoms with Gasteiger partial charge in [0.2, 0.25) is 23.6 Å². The Hall–Kier alpha value is -4.69. The summed E-state index contributed by atoms with van der Waals surface area (Å²) in [5.41, 5.74) is 18.0. The number of nitrogens with one attached hydrogen (secondary N) is 3. The Balaban J connectivity index is 2.23. The average molecular weight is 601 g/mol. The molecule has 4 amide bonds. The number of amides is 4. The van der Waals surface area contributed by atoms with Gasteiger partial charge in [0.05, 0.1) is 6.04 Å². The Kier molecular flexibility index (Phi) is 13.9. The van der Waals surface area contributed by atoms with Crippen LogP contribution in [-0.4, -0.2) is 75.6 Å². The number of unbranched alkanes of at least 4 members (excludes halogenated alkanes) is 1. The smallest absolute Gasteiger partial charge is 0.326 e. The number of aromatic hydroxyl groups is 2. The van der Waals surface area contributed by atoms with Crippen molar-refractivity contribution in [3.8, 4) is 11.5 Å². The summed E-state index contributed by atoms with van der Waals surface area (Å²) < 4.78 is 0. The van der Waals surface area contributed by atoms with E-state index in [-0.39, 0.29) is 43.6 Å². The summed E-state index contributed by atoms with van der Waals surface area (Å²) in [6, 6.07) is 7.17. The number of carboxylic acids is 1. The van der Waals surface area contributed by atoms with E-state index in [1.54, 1.807) is 12.1 Å². The first-order valence-corrected chi connectivity index (χ1v) is 13.8. The fraction of sp³-hybridized carbons (Fsp3) is 0.414. The van der Waals surface area contributed by atoms with Crippen molar-refractivity contribution < 1.29 is 39.3 Å². The highest BCUT2D eigenvalue weighted by molar-refractivity contribution is 5.94. The number of carboxylic acid groups (broad SMARTS) is 1. The SMILES string of the molecule is NCCCCC(NC(=O)C(N)Cc1ccc(O)cc1)C(=O)NC(Cc1ccc(O)cc1)C(=O)NC(CCC(N)=O)C(=O)O. The van der Waals surface area contributed by atoms with E-state index in [9.17, 15) is 39.3 Å². The van der Waals surface area contributed by atoms with Crippen LogP contribution in [0.1, 0.15) is 43.2 Å². The molecule has 0 fully saturated rings. The van der Waals surface area contributed by atoms with Gasteiger partial charge >= 0.3 is 5.97 Å². The largest absolute Gasteiger partial charge is 0.508 e. The number of benzene rings is 2. The molecule has 234 valence electrons. The van der Waals surface area contributed by atoms with Gasteiger partial charge in [0, 0.05) is 12.8 Å². The molecule has 0 aliphatic rings. The van der Waals surface area contributed by atoms with Gasteiger partial charge in [-0.15, -0.1) is 0 Å². The van der Waals surface area contributed by atoms with E-state index in [2.05, 4.69) is 16.0 Å². The van der Waals surface area contributed by atoms with Crippen LogP contribution in [0, 0.1) is 0 Å². The number of carbonyl (C=O) groups excluding carboxylic acids is 4. The van der Waals surface area contributed by atoms with Gasteiger partial charge in [-0.25, -0.2) is 4.79 Å². The van der Waals surface area contributed by atoms with Gasteiger partial charge < -0.3 is 48.5 Å². The first-order valence-electron chi connectivity index (χ1n) is 13.8. The zero-order valence-corrected chi connectivity index (χ0v) is 23.7. The Morgan fingerprint density at radius 3 is 1.67 bits per heavy atom. The molecule has 14 nitrogen and oxygen atoms in total. The quantitative estimate of drug-likeness (QED) is 0.0956. The van der Waals surface area contributed by atoms with Crippen LogP contribution in [-0.2, 0) is 36.8 Å². The standard InChI is InChI=1S/C29H40N6O8/c30-14-2-1-3-22(33-26(39)21(31)15-17-4-8-19(36)9-5-17)27(40)35-24(16-18-6-10-20(37)11-7-18)28(41)34-23(29(42)43)12-13-25(32)38/h4-11,21-24,36-37H,1-3,12-16,30-31H2,(H2,32,38)(H,33,39)(H,34,41)(H,35,40)(H,42,43). The van der Waals surface area contributed by atoms with Crippen molar-refractivity contribution in [1.29, 1.82) is 0 Å². The lowest BCUT2D eigenvalue weighted by atomic mass is 10.0. The van der Waals surface area contributed by atoms with Crippen LogP contribution in [0.2, 0.25) is 0 Å². The van der Waals surface area contributed by atoms with Crippen LogP contribution in [0.25, 0.3) is 0 Å². The maximum Gasteiger partial charge on any atom is 0.326 e. The van der Waals surface area contributed by atoms with Gasteiger partial charge in [-0.2, -0.15) is 0 Å². The molecule has 0 saturated heterocycles. The summed E-state index contributed by atoms with van der Waals surface area (Å²) in [5, 5.41) is 36.2. The van der Waals surface area contributed by atoms with Crippen molar-refractivity contribution in [1.82, 2.24) is 16.0 Å². The number of phenolic OH excluding ortho intramolecular Hbond substituents is 2. The molecule has 0 radical (unpaired) electrons. The highest BCUT2D eigenvalue weighted by Crippen LogP contribution is 2.14. The van der Waals surface area contributed by atoms with Gasteiger partial charge in [-0.05, 0) is 74.0 Å². The first kappa shape index (κ1) is 34.5. The predicted molar refractivity (Wildman–Crippen MR) is 156 cm³/mol. The molecule has 2 aromatic rings. The molecule has 0 saturated carbocycles. The second kappa shape index (κ2) is 17.3. The Labute approximate surface area is 249 Å². The molecule has 14 heteroatoms. The number of primary amides is 1. The molecule has 12 N–H and O–H groups in total. The normalized spacial score (nSPS) is 13.6. The summed E-state index contributed by atoms with van der Waals surface area (Å²) in [6.45, 7) is 0.358. The second-order valence-corrected chi connectivity index (χ2v) is 10.2. The second-order valence-electron chi connectivity index (χ2n) is 10.2. The van der Waals surface area contributed by atoms with Crippen molar-refractivity contribution in [2.24, 2.45) is 17.2 Å². The van der Waals surface area contributed by atoms with Crippen molar-refractivity contribution in [2.45, 2.75) is 69.1 Å². The molecule has 0 aromatic heterocycles. The predicted octanol–water partition coefficient (Wildman–Crippen LogP) is -0.856. The molecule has 2 aromatic carbocycles. The molecule has 0 aliphatic heterocycles. The van der Waals surface area contributed by atoms with Crippen molar-refractivity contribution in [3.63, 3.8) is 0 Å². The lowest BCUT2D eigenvalue weighted by Gasteiger charge is -2.25. The highest BCUT2D eigenvalue weighted by Gasteiger charge is 2.30. The van der Waals surface area contributed by atoms with Gasteiger partial charge in [0.25, 0.3) is 0 Å². The van der Waals surface area contributed by atoms with E-state index in [1.807, 2.05) is 0 Å². The topological polar surface area (TPSA) is 260 Å². The van der Waals surface area contributed by atoms with E-state index in [0.717, 1.165) is 0 Å². The van der Waals surface area contributed by atoms with Crippen LogP contribution in [0.15, 0.2) is 48.5 Å². The first-order chi connectivity index (χ1) is 20.4. The third-order valence-corrected chi connectivity index (χ3v) is 6.61. The zero-order valence-electron chi connectivity index (χ0n) is 23.7. The Morgan fingerprint density at radius 2 is 1.16 bits per heavy atom. The number of rotatable bonds is 18. The third kappa shape index (κ3) is 12.4. The van der Waals surface area contributed by atoms with Gasteiger partial charge in [0.15, 0.2) is 0 Å². The zero-order chi connectivity index (χ0) is 31.9. The van der Waals surface area contributed by atoms with Gasteiger partial charge in [0.1, 0.15) is 29.6 Å². The van der Waals surface area contributed by atoms with Crippen LogP contribution in [0.4, 0.5) is 0 Å². The maximum absolute atomic E-state index is 13.5. The fourth-order valence-electron chi connectivity index (χ4n) is 4.18. The molecule has 0 spiro atoms. The summed E-state index contributed by atoms with van der Waals surface area (Å²) in [7, 11) is 0. The molecule has 4 atom stereocenters. The molecule has 43 heavy (non-hydrogen) atoms. The third-order valence-electron chi connectivity index (χ3n) is 6.61. The lowest BCUT2D eigenvalue weighted by Crippen LogP contribution is -2.57. The van der Waals surface area contributed by atoms with Crippen molar-refractivity contribution in [3.05, 3.63) is 59.7 Å². The molecular weight excluding hydrogens is 560 g/mol. The van der Waals surface area contributed by atoms with E-state index in [4.69, 9.17) is 17.2 Å². The van der Waals surface area contributed by atoms with Crippen LogP contribution < -0.4 is 33.2 Å². The van der Waals surface area contributed by atoms with Crippen LogP contribution in [0.3, 0.4) is 0 Å². The maximum atomic E-state index is 13.5. The number of aliphatic carboxylic acids is 1. The number of phenols is 2. The average Bonchev–Trinajstić information content (AvgIpc) is 2.96. The molecule has 0 heterocycles. The van der Waals surface area contributed by atoms with E-state index in [1.165, 1.54) is 36.4 Å². The number of hydrogen-bond acceptors (Lipinski definition) is 9. The monoisotopic (exact) mass is 600 g/mol. The highest BCUT2D eigenvalue weighted by atomic mass is 16.4. The molecule has 0 aliphatic carbocycles. The number of carbonyl (C=O) groups is 5. The lowest BCUT2D eigenvalue weighted by molar-refractivity contribution is -0.142. The van der Waals surface area contributed by atoms with Crippen molar-refractivity contribution in [2.75, 3.05) is 6.54 Å². The molecule has 4 unspecified atom stereocenters. The summed E-state index contributed by atoms with van der Waals surface area (Å²) in [4.78, 5) is 62.6. The van der Waals surface area contributed by atoms with Crippen LogP contribution in [0.5, 0.6) is 11.5 Å². The Morgan fingerprint density at radius 1 is 0.674 bits per heavy atom. The number of hydrogen-bond donors (Lipinski definition) is 9. The van der Waals surface area contributed by atoms with Crippen LogP contribution >= 0.6 is 0 Å². The molecule has 2 rings (SSSR count). The summed E-state index contributed by atoms with van der Waals surface area (Å²) >= 11 is 0. The minimum atomic E-state index is -1.45.